The minimum Gasteiger partial charge on any atom is -0.391 e. The van der Waals surface area contributed by atoms with Gasteiger partial charge >= 0.3 is 0 Å². The summed E-state index contributed by atoms with van der Waals surface area (Å²) in [6, 6.07) is 0. The highest BCUT2D eigenvalue weighted by molar-refractivity contribution is 4.66. The van der Waals surface area contributed by atoms with Crippen molar-refractivity contribution in [2.24, 2.45) is 0 Å². The average molecular weight is 194 g/mol. The van der Waals surface area contributed by atoms with Crippen LogP contribution in [0, 0.1) is 0 Å². The zero-order chi connectivity index (χ0) is 10.3. The Morgan fingerprint density at radius 2 is 1.92 bits per heavy atom. The van der Waals surface area contributed by atoms with Crippen LogP contribution >= 0.6 is 0 Å². The summed E-state index contributed by atoms with van der Waals surface area (Å²) < 4.78 is 15.0. The van der Waals surface area contributed by atoms with Crippen molar-refractivity contribution < 1.29 is 24.4 Å². The Bertz CT molecular complexity index is 111. The van der Waals surface area contributed by atoms with Crippen molar-refractivity contribution >= 4 is 0 Å². The van der Waals surface area contributed by atoms with E-state index in [0.29, 0.717) is 6.42 Å². The Morgan fingerprint density at radius 3 is 2.15 bits per heavy atom. The van der Waals surface area contributed by atoms with Gasteiger partial charge in [0.1, 0.15) is 0 Å². The van der Waals surface area contributed by atoms with E-state index < -0.39 is 12.1 Å². The number of aliphatic hydroxyl groups excluding tert-OH is 2. The molecule has 1 unspecified atom stereocenters. The summed E-state index contributed by atoms with van der Waals surface area (Å²) in [6.07, 6.45) is -0.299. The van der Waals surface area contributed by atoms with Gasteiger partial charge in [-0.05, 0) is 0 Å². The quantitative estimate of drug-likeness (QED) is 0.545. The number of hydrogen-bond donors (Lipinski definition) is 2. The van der Waals surface area contributed by atoms with Crippen LogP contribution in [0.15, 0.2) is 0 Å². The van der Waals surface area contributed by atoms with Gasteiger partial charge in [-0.25, -0.2) is 0 Å². The summed E-state index contributed by atoms with van der Waals surface area (Å²) in [5.41, 5.74) is 0. The van der Waals surface area contributed by atoms with Gasteiger partial charge in [0.25, 0.3) is 0 Å². The van der Waals surface area contributed by atoms with Crippen LogP contribution in [0.1, 0.15) is 13.3 Å². The Labute approximate surface area is 78.2 Å². The van der Waals surface area contributed by atoms with Crippen LogP contribution in [0.5, 0.6) is 0 Å². The fourth-order valence-electron chi connectivity index (χ4n) is 0.889. The molecule has 0 aliphatic rings. The molecule has 2 atom stereocenters. The molecule has 0 aromatic rings. The second-order valence-electron chi connectivity index (χ2n) is 2.59. The summed E-state index contributed by atoms with van der Waals surface area (Å²) >= 11 is 0. The van der Waals surface area contributed by atoms with Gasteiger partial charge < -0.3 is 24.4 Å². The fourth-order valence-corrected chi connectivity index (χ4v) is 0.889. The maximum absolute atomic E-state index is 9.03. The Kier molecular flexibility index (Phi) is 6.19. The van der Waals surface area contributed by atoms with Gasteiger partial charge in [0.05, 0.1) is 13.2 Å². The monoisotopic (exact) mass is 194 g/mol. The van der Waals surface area contributed by atoms with Crippen LogP contribution in [0.4, 0.5) is 0 Å². The Hall–Kier alpha value is -0.200. The molecule has 0 radical (unpaired) electrons. The van der Waals surface area contributed by atoms with Crippen molar-refractivity contribution in [3.8, 4) is 0 Å². The lowest BCUT2D eigenvalue weighted by Crippen LogP contribution is -2.43. The van der Waals surface area contributed by atoms with Gasteiger partial charge in [-0.3, -0.25) is 0 Å². The highest BCUT2D eigenvalue weighted by Gasteiger charge is 2.31. The molecule has 0 saturated heterocycles. The molecule has 0 heterocycles. The van der Waals surface area contributed by atoms with Crippen molar-refractivity contribution in [2.75, 3.05) is 27.4 Å². The molecule has 80 valence electrons. The molecule has 0 aliphatic heterocycles. The van der Waals surface area contributed by atoms with Crippen molar-refractivity contribution in [3.63, 3.8) is 0 Å². The molecule has 0 rings (SSSR count). The molecule has 13 heavy (non-hydrogen) atoms. The van der Waals surface area contributed by atoms with Crippen molar-refractivity contribution in [1.82, 2.24) is 0 Å². The summed E-state index contributed by atoms with van der Waals surface area (Å²) in [4.78, 5) is 0. The van der Waals surface area contributed by atoms with Crippen LogP contribution in [0.2, 0.25) is 0 Å². The van der Waals surface area contributed by atoms with Crippen LogP contribution in [-0.2, 0) is 14.2 Å². The molecule has 2 N–H and O–H groups in total. The molecule has 0 amide bonds. The SMILES string of the molecule is CC[C@@](CO)(OC)OC(CO)OC. The topological polar surface area (TPSA) is 68.2 Å². The summed E-state index contributed by atoms with van der Waals surface area (Å²) in [5.74, 6) is -1.08. The van der Waals surface area contributed by atoms with Gasteiger partial charge in [0, 0.05) is 20.6 Å². The molecular formula is C8H18O5. The molecule has 0 fully saturated rings. The molecular weight excluding hydrogens is 176 g/mol. The first-order valence-electron chi connectivity index (χ1n) is 4.15. The van der Waals surface area contributed by atoms with Gasteiger partial charge in [0.2, 0.25) is 0 Å². The maximum Gasteiger partial charge on any atom is 0.193 e. The van der Waals surface area contributed by atoms with E-state index in [1.807, 2.05) is 6.92 Å². The van der Waals surface area contributed by atoms with Crippen LogP contribution in [0.3, 0.4) is 0 Å². The van der Waals surface area contributed by atoms with E-state index >= 15 is 0 Å². The van der Waals surface area contributed by atoms with Gasteiger partial charge in [-0.2, -0.15) is 0 Å². The summed E-state index contributed by atoms with van der Waals surface area (Å²) in [7, 11) is 2.85. The second kappa shape index (κ2) is 6.28. The summed E-state index contributed by atoms with van der Waals surface area (Å²) in [6.45, 7) is 1.26. The molecule has 5 nitrogen and oxygen atoms in total. The third-order valence-corrected chi connectivity index (χ3v) is 1.91. The zero-order valence-corrected chi connectivity index (χ0v) is 8.32. The first-order chi connectivity index (χ1) is 6.17. The van der Waals surface area contributed by atoms with Gasteiger partial charge in [-0.15, -0.1) is 0 Å². The molecule has 0 aliphatic carbocycles. The minimum absolute atomic E-state index is 0.276. The zero-order valence-electron chi connectivity index (χ0n) is 8.32. The largest absolute Gasteiger partial charge is 0.391 e. The van der Waals surface area contributed by atoms with E-state index in [1.54, 1.807) is 0 Å². The van der Waals surface area contributed by atoms with Gasteiger partial charge in [-0.1, -0.05) is 6.92 Å². The summed E-state index contributed by atoms with van der Waals surface area (Å²) in [5, 5.41) is 17.8. The Morgan fingerprint density at radius 1 is 1.31 bits per heavy atom. The highest BCUT2D eigenvalue weighted by atomic mass is 16.8. The number of methoxy groups -OCH3 is 2. The number of aliphatic hydroxyl groups is 2. The predicted octanol–water partition coefficient (Wildman–Crippen LogP) is -0.287. The fraction of sp³-hybridized carbons (Fsp3) is 1.00. The van der Waals surface area contributed by atoms with E-state index in [4.69, 9.17) is 24.4 Å². The van der Waals surface area contributed by atoms with Crippen LogP contribution in [0.25, 0.3) is 0 Å². The van der Waals surface area contributed by atoms with Gasteiger partial charge in [0.15, 0.2) is 12.1 Å². The molecule has 0 aromatic carbocycles. The number of hydrogen-bond acceptors (Lipinski definition) is 5. The first kappa shape index (κ1) is 12.8. The third-order valence-electron chi connectivity index (χ3n) is 1.91. The predicted molar refractivity (Wildman–Crippen MR) is 46.1 cm³/mol. The molecule has 0 bridgehead atoms. The number of ether oxygens (including phenoxy) is 3. The lowest BCUT2D eigenvalue weighted by molar-refractivity contribution is -0.314. The molecule has 0 aromatic heterocycles. The molecule has 5 heteroatoms. The minimum atomic E-state index is -1.08. The second-order valence-corrected chi connectivity index (χ2v) is 2.59. The first-order valence-corrected chi connectivity index (χ1v) is 4.15. The lowest BCUT2D eigenvalue weighted by atomic mass is 10.2. The maximum atomic E-state index is 9.03. The smallest absolute Gasteiger partial charge is 0.193 e. The number of rotatable bonds is 7. The average Bonchev–Trinajstić information content (AvgIpc) is 2.21. The molecule has 0 spiro atoms. The van der Waals surface area contributed by atoms with Crippen molar-refractivity contribution in [2.45, 2.75) is 25.4 Å². The van der Waals surface area contributed by atoms with E-state index in [9.17, 15) is 0 Å². The van der Waals surface area contributed by atoms with Crippen LogP contribution < -0.4 is 0 Å². The van der Waals surface area contributed by atoms with E-state index in [0.717, 1.165) is 0 Å². The van der Waals surface area contributed by atoms with E-state index in [-0.39, 0.29) is 13.2 Å². The van der Waals surface area contributed by atoms with E-state index in [2.05, 4.69) is 0 Å². The Balaban J connectivity index is 4.21. The molecule has 0 saturated carbocycles. The van der Waals surface area contributed by atoms with Crippen molar-refractivity contribution in [1.29, 1.82) is 0 Å². The van der Waals surface area contributed by atoms with Crippen molar-refractivity contribution in [3.05, 3.63) is 0 Å². The standard InChI is InChI=1S/C8H18O5/c1-4-8(6-10,12-3)13-7(5-9)11-2/h7,9-10H,4-6H2,1-3H3/t7?,8-/m1/s1. The third kappa shape index (κ3) is 3.58. The van der Waals surface area contributed by atoms with E-state index in [1.165, 1.54) is 14.2 Å². The van der Waals surface area contributed by atoms with Crippen LogP contribution in [-0.4, -0.2) is 49.7 Å². The normalized spacial score (nSPS) is 18.2. The highest BCUT2D eigenvalue weighted by Crippen LogP contribution is 2.18. The lowest BCUT2D eigenvalue weighted by Gasteiger charge is -2.32.